The minimum atomic E-state index is -0.686. The van der Waals surface area contributed by atoms with Crippen molar-refractivity contribution in [3.63, 3.8) is 0 Å². The zero-order valence-corrected chi connectivity index (χ0v) is 19.6. The predicted octanol–water partition coefficient (Wildman–Crippen LogP) is 5.66. The molecule has 0 unspecified atom stereocenters. The molecular formula is C22H18Cl2N2O5S. The van der Waals surface area contributed by atoms with Crippen LogP contribution in [0.3, 0.4) is 0 Å². The van der Waals surface area contributed by atoms with E-state index >= 15 is 0 Å². The fourth-order valence-corrected chi connectivity index (χ4v) is 4.38. The molecule has 3 rings (SSSR count). The highest BCUT2D eigenvalue weighted by atomic mass is 35.5. The predicted molar refractivity (Wildman–Crippen MR) is 126 cm³/mol. The average molecular weight is 493 g/mol. The highest BCUT2D eigenvalue weighted by Crippen LogP contribution is 2.36. The molecule has 2 aromatic carbocycles. The molecule has 0 saturated carbocycles. The minimum absolute atomic E-state index is 0.0862. The second-order valence-electron chi connectivity index (χ2n) is 6.46. The summed E-state index contributed by atoms with van der Waals surface area (Å²) < 4.78 is 10.1. The Bertz CT molecular complexity index is 1210. The van der Waals surface area contributed by atoms with Crippen LogP contribution in [-0.2, 0) is 4.74 Å². The maximum atomic E-state index is 12.9. The molecule has 0 fully saturated rings. The molecule has 0 aliphatic heterocycles. The largest absolute Gasteiger partial charge is 0.496 e. The number of hydrogen-bond donors (Lipinski definition) is 2. The molecule has 2 N–H and O–H groups in total. The Kier molecular flexibility index (Phi) is 7.40. The molecule has 2 amide bonds. The normalized spacial score (nSPS) is 10.4. The summed E-state index contributed by atoms with van der Waals surface area (Å²) in [6.45, 7) is 1.59. The van der Waals surface area contributed by atoms with Gasteiger partial charge in [-0.3, -0.25) is 9.59 Å². The van der Waals surface area contributed by atoms with Gasteiger partial charge in [-0.05, 0) is 36.8 Å². The second kappa shape index (κ2) is 10.0. The smallest absolute Gasteiger partial charge is 0.341 e. The first kappa shape index (κ1) is 23.6. The molecule has 0 atom stereocenters. The molecular weight excluding hydrogens is 475 g/mol. The van der Waals surface area contributed by atoms with Gasteiger partial charge in [0.1, 0.15) is 10.8 Å². The SMILES string of the molecule is COC(=O)c1c(NC(=O)c2ccccc2OC)sc(C(=O)Nc2cccc(Cl)c2Cl)c1C. The zero-order chi connectivity index (χ0) is 23.4. The molecule has 10 heteroatoms. The summed E-state index contributed by atoms with van der Waals surface area (Å²) in [7, 11) is 2.67. The van der Waals surface area contributed by atoms with Crippen molar-refractivity contribution >= 4 is 63.0 Å². The quantitative estimate of drug-likeness (QED) is 0.432. The van der Waals surface area contributed by atoms with Crippen LogP contribution >= 0.6 is 34.5 Å². The van der Waals surface area contributed by atoms with Gasteiger partial charge in [0.2, 0.25) is 0 Å². The van der Waals surface area contributed by atoms with Crippen LogP contribution in [0.5, 0.6) is 5.75 Å². The number of ether oxygens (including phenoxy) is 2. The van der Waals surface area contributed by atoms with E-state index in [1.807, 2.05) is 0 Å². The highest BCUT2D eigenvalue weighted by molar-refractivity contribution is 7.19. The molecule has 3 aromatic rings. The van der Waals surface area contributed by atoms with Crippen LogP contribution in [0.25, 0.3) is 0 Å². The van der Waals surface area contributed by atoms with Gasteiger partial charge >= 0.3 is 5.97 Å². The molecule has 0 aliphatic rings. The summed E-state index contributed by atoms with van der Waals surface area (Å²) >= 11 is 13.1. The molecule has 0 radical (unpaired) electrons. The molecule has 1 aromatic heterocycles. The molecule has 0 aliphatic carbocycles. The standard InChI is InChI=1S/C22H18Cl2N2O5S/c1-11-16(22(29)31-3)21(26-19(27)12-7-4-5-10-15(12)30-2)32-18(11)20(28)25-14-9-6-8-13(23)17(14)24/h4-10H,1-3H3,(H,25,28)(H,26,27). The van der Waals surface area contributed by atoms with Crippen molar-refractivity contribution in [2.45, 2.75) is 6.92 Å². The summed E-state index contributed by atoms with van der Waals surface area (Å²) in [6.07, 6.45) is 0. The number of esters is 1. The van der Waals surface area contributed by atoms with Crippen LogP contribution < -0.4 is 15.4 Å². The van der Waals surface area contributed by atoms with Crippen molar-refractivity contribution in [1.29, 1.82) is 0 Å². The number of carbonyl (C=O) groups is 3. The Morgan fingerprint density at radius 2 is 1.66 bits per heavy atom. The Labute approximate surface area is 198 Å². The number of thiophene rings is 1. The summed E-state index contributed by atoms with van der Waals surface area (Å²) in [5.41, 5.74) is 1.03. The van der Waals surface area contributed by atoms with E-state index in [0.717, 1.165) is 11.3 Å². The van der Waals surface area contributed by atoms with Crippen molar-refractivity contribution in [3.05, 3.63) is 74.1 Å². The Morgan fingerprint density at radius 1 is 0.938 bits per heavy atom. The molecule has 0 spiro atoms. The van der Waals surface area contributed by atoms with E-state index in [-0.39, 0.29) is 31.1 Å². The van der Waals surface area contributed by atoms with Gasteiger partial charge in [0, 0.05) is 0 Å². The maximum Gasteiger partial charge on any atom is 0.341 e. The van der Waals surface area contributed by atoms with Gasteiger partial charge in [-0.1, -0.05) is 41.4 Å². The third kappa shape index (κ3) is 4.72. The van der Waals surface area contributed by atoms with Gasteiger partial charge in [0.25, 0.3) is 11.8 Å². The number of para-hydroxylation sites is 1. The van der Waals surface area contributed by atoms with E-state index in [1.165, 1.54) is 14.2 Å². The van der Waals surface area contributed by atoms with Crippen molar-refractivity contribution in [2.24, 2.45) is 0 Å². The number of methoxy groups -OCH3 is 2. The average Bonchev–Trinajstić information content (AvgIpc) is 3.11. The topological polar surface area (TPSA) is 93.7 Å². The Morgan fingerprint density at radius 3 is 2.34 bits per heavy atom. The molecule has 0 saturated heterocycles. The van der Waals surface area contributed by atoms with Gasteiger partial charge in [-0.15, -0.1) is 11.3 Å². The van der Waals surface area contributed by atoms with Crippen LogP contribution in [0, 0.1) is 6.92 Å². The van der Waals surface area contributed by atoms with E-state index in [1.54, 1.807) is 49.4 Å². The second-order valence-corrected chi connectivity index (χ2v) is 8.27. The number of halogens is 2. The highest BCUT2D eigenvalue weighted by Gasteiger charge is 2.27. The van der Waals surface area contributed by atoms with Crippen molar-refractivity contribution in [3.8, 4) is 5.75 Å². The fourth-order valence-electron chi connectivity index (χ4n) is 2.95. The van der Waals surface area contributed by atoms with Gasteiger partial charge in [-0.25, -0.2) is 4.79 Å². The first-order valence-corrected chi connectivity index (χ1v) is 10.8. The van der Waals surface area contributed by atoms with Crippen LogP contribution in [0.15, 0.2) is 42.5 Å². The number of rotatable bonds is 6. The Balaban J connectivity index is 1.97. The van der Waals surface area contributed by atoms with E-state index in [2.05, 4.69) is 10.6 Å². The van der Waals surface area contributed by atoms with E-state index < -0.39 is 17.8 Å². The van der Waals surface area contributed by atoms with Crippen LogP contribution in [0.4, 0.5) is 10.7 Å². The Hall–Kier alpha value is -3.07. The number of nitrogens with one attached hydrogen (secondary N) is 2. The van der Waals surface area contributed by atoms with Gasteiger partial charge in [0.15, 0.2) is 0 Å². The van der Waals surface area contributed by atoms with Crippen LogP contribution in [0.1, 0.15) is 36.0 Å². The monoisotopic (exact) mass is 492 g/mol. The van der Waals surface area contributed by atoms with Crippen molar-refractivity contribution in [2.75, 3.05) is 24.9 Å². The van der Waals surface area contributed by atoms with Gasteiger partial charge in [-0.2, -0.15) is 0 Å². The lowest BCUT2D eigenvalue weighted by Crippen LogP contribution is -2.15. The maximum absolute atomic E-state index is 12.9. The van der Waals surface area contributed by atoms with E-state index in [9.17, 15) is 14.4 Å². The zero-order valence-electron chi connectivity index (χ0n) is 17.2. The number of carbonyl (C=O) groups excluding carboxylic acids is 3. The summed E-state index contributed by atoms with van der Waals surface area (Å²) in [4.78, 5) is 38.4. The summed E-state index contributed by atoms with van der Waals surface area (Å²) in [5, 5.41) is 6.02. The third-order valence-corrected chi connectivity index (χ3v) is 6.55. The number of anilines is 2. The summed E-state index contributed by atoms with van der Waals surface area (Å²) in [5.74, 6) is -1.33. The first-order chi connectivity index (χ1) is 15.3. The van der Waals surface area contributed by atoms with Crippen molar-refractivity contribution < 1.29 is 23.9 Å². The van der Waals surface area contributed by atoms with E-state index in [4.69, 9.17) is 32.7 Å². The fraction of sp³-hybridized carbons (Fsp3) is 0.136. The number of hydrogen-bond acceptors (Lipinski definition) is 6. The van der Waals surface area contributed by atoms with Gasteiger partial charge < -0.3 is 20.1 Å². The lowest BCUT2D eigenvalue weighted by molar-refractivity contribution is 0.0601. The summed E-state index contributed by atoms with van der Waals surface area (Å²) in [6, 6.07) is 11.5. The lowest BCUT2D eigenvalue weighted by Gasteiger charge is -2.09. The van der Waals surface area contributed by atoms with Crippen LogP contribution in [-0.4, -0.2) is 32.0 Å². The first-order valence-electron chi connectivity index (χ1n) is 9.19. The van der Waals surface area contributed by atoms with Gasteiger partial charge in [0.05, 0.1) is 46.0 Å². The van der Waals surface area contributed by atoms with Crippen LogP contribution in [0.2, 0.25) is 10.0 Å². The number of amides is 2. The van der Waals surface area contributed by atoms with Crippen molar-refractivity contribution in [1.82, 2.24) is 0 Å². The molecule has 32 heavy (non-hydrogen) atoms. The third-order valence-electron chi connectivity index (χ3n) is 4.52. The molecule has 1 heterocycles. The molecule has 0 bridgehead atoms. The molecule has 166 valence electrons. The lowest BCUT2D eigenvalue weighted by atomic mass is 10.1. The number of benzene rings is 2. The minimum Gasteiger partial charge on any atom is -0.496 e. The van der Waals surface area contributed by atoms with E-state index in [0.29, 0.717) is 17.0 Å². The molecule has 7 nitrogen and oxygen atoms in total.